The van der Waals surface area contributed by atoms with Crippen molar-refractivity contribution >= 4 is 10.9 Å². The summed E-state index contributed by atoms with van der Waals surface area (Å²) in [6.07, 6.45) is 2.60. The summed E-state index contributed by atoms with van der Waals surface area (Å²) in [6.45, 7) is 4.66. The van der Waals surface area contributed by atoms with E-state index in [1.165, 1.54) is 0 Å². The molecular formula is C25H25N3O2. The third-order valence-electron chi connectivity index (χ3n) is 6.44. The van der Waals surface area contributed by atoms with E-state index >= 15 is 0 Å². The van der Waals surface area contributed by atoms with Gasteiger partial charge in [-0.3, -0.25) is 14.3 Å². The third kappa shape index (κ3) is 3.13. The quantitative estimate of drug-likeness (QED) is 0.674. The molecule has 5 heteroatoms. The maximum absolute atomic E-state index is 13.6. The van der Waals surface area contributed by atoms with Crippen molar-refractivity contribution in [2.24, 2.45) is 5.92 Å². The Hall–Kier alpha value is -2.94. The fourth-order valence-corrected chi connectivity index (χ4v) is 4.82. The molecule has 1 N–H and O–H groups in total. The predicted octanol–water partition coefficient (Wildman–Crippen LogP) is 2.76. The van der Waals surface area contributed by atoms with E-state index in [1.54, 1.807) is 4.57 Å². The van der Waals surface area contributed by atoms with E-state index in [2.05, 4.69) is 16.7 Å². The predicted molar refractivity (Wildman–Crippen MR) is 118 cm³/mol. The molecule has 1 aromatic heterocycles. The largest absolute Gasteiger partial charge is 0.376 e. The molecule has 1 unspecified atom stereocenters. The van der Waals surface area contributed by atoms with Gasteiger partial charge in [-0.2, -0.15) is 0 Å². The molecule has 152 valence electrons. The Bertz CT molecular complexity index is 1210. The van der Waals surface area contributed by atoms with Crippen molar-refractivity contribution in [3.05, 3.63) is 70.3 Å². The van der Waals surface area contributed by atoms with Crippen LogP contribution in [0.4, 0.5) is 0 Å². The summed E-state index contributed by atoms with van der Waals surface area (Å²) in [7, 11) is 0. The lowest BCUT2D eigenvalue weighted by molar-refractivity contribution is -0.0713. The van der Waals surface area contributed by atoms with Gasteiger partial charge in [-0.15, -0.1) is 0 Å². The highest BCUT2D eigenvalue weighted by Crippen LogP contribution is 2.35. The minimum atomic E-state index is -1.01. The van der Waals surface area contributed by atoms with E-state index in [0.717, 1.165) is 37.4 Å². The number of hydrogen-bond donors (Lipinski definition) is 1. The molecule has 3 aliphatic rings. The van der Waals surface area contributed by atoms with Gasteiger partial charge in [0.1, 0.15) is 11.4 Å². The Labute approximate surface area is 176 Å². The second-order valence-electron chi connectivity index (χ2n) is 8.28. The summed E-state index contributed by atoms with van der Waals surface area (Å²) in [5, 5.41) is 11.7. The maximum atomic E-state index is 13.6. The average molecular weight is 399 g/mol. The lowest BCUT2D eigenvalue weighted by Gasteiger charge is -2.47. The molecule has 4 heterocycles. The Morgan fingerprint density at radius 2 is 1.90 bits per heavy atom. The van der Waals surface area contributed by atoms with Crippen LogP contribution in [0.15, 0.2) is 53.3 Å². The number of rotatable bonds is 2. The average Bonchev–Trinajstić information content (AvgIpc) is 2.78. The normalized spacial score (nSPS) is 25.1. The van der Waals surface area contributed by atoms with Gasteiger partial charge in [0.15, 0.2) is 0 Å². The summed E-state index contributed by atoms with van der Waals surface area (Å²) < 4.78 is 1.68. The van der Waals surface area contributed by atoms with Gasteiger partial charge in [0.2, 0.25) is 0 Å². The van der Waals surface area contributed by atoms with E-state index < -0.39 is 5.60 Å². The van der Waals surface area contributed by atoms with Crippen LogP contribution in [-0.4, -0.2) is 44.8 Å². The van der Waals surface area contributed by atoms with Gasteiger partial charge in [0.25, 0.3) is 5.56 Å². The van der Waals surface area contributed by atoms with Gasteiger partial charge < -0.3 is 5.11 Å². The van der Waals surface area contributed by atoms with Crippen LogP contribution in [0.3, 0.4) is 0 Å². The van der Waals surface area contributed by atoms with Gasteiger partial charge in [-0.1, -0.05) is 43.0 Å². The minimum Gasteiger partial charge on any atom is -0.376 e. The highest BCUT2D eigenvalue weighted by Gasteiger charge is 2.44. The van der Waals surface area contributed by atoms with Gasteiger partial charge in [0, 0.05) is 24.4 Å². The molecule has 0 aliphatic carbocycles. The Kier molecular flexibility index (Phi) is 4.69. The summed E-state index contributed by atoms with van der Waals surface area (Å²) in [5.41, 5.74) is 0.953. The van der Waals surface area contributed by atoms with Crippen LogP contribution >= 0.6 is 0 Å². The molecule has 3 saturated heterocycles. The zero-order valence-electron chi connectivity index (χ0n) is 17.1. The van der Waals surface area contributed by atoms with Crippen molar-refractivity contribution in [1.29, 1.82) is 0 Å². The maximum Gasteiger partial charge on any atom is 0.267 e. The van der Waals surface area contributed by atoms with Crippen LogP contribution in [0.25, 0.3) is 16.6 Å². The van der Waals surface area contributed by atoms with Gasteiger partial charge in [-0.05, 0) is 50.2 Å². The molecular weight excluding hydrogens is 374 g/mol. The van der Waals surface area contributed by atoms with E-state index in [0.29, 0.717) is 29.4 Å². The Morgan fingerprint density at radius 3 is 2.57 bits per heavy atom. The number of aliphatic hydroxyl groups is 1. The first-order valence-electron chi connectivity index (χ1n) is 10.7. The Balaban J connectivity index is 1.67. The van der Waals surface area contributed by atoms with Crippen LogP contribution in [-0.2, 0) is 6.42 Å². The van der Waals surface area contributed by atoms with Gasteiger partial charge in [0.05, 0.1) is 16.6 Å². The zero-order chi connectivity index (χ0) is 20.7. The SMILES string of the molecule is CCc1nc2cccc(C#CC3(O)CN4CCC3CC4)c2c(=O)n1-c1ccccc1. The first kappa shape index (κ1) is 19.0. The van der Waals surface area contributed by atoms with E-state index in [1.807, 2.05) is 55.5 Å². The number of aromatic nitrogens is 2. The molecule has 3 aliphatic heterocycles. The van der Waals surface area contributed by atoms with E-state index in [9.17, 15) is 9.90 Å². The van der Waals surface area contributed by atoms with Crippen molar-refractivity contribution in [1.82, 2.24) is 14.5 Å². The smallest absolute Gasteiger partial charge is 0.267 e. The second-order valence-corrected chi connectivity index (χ2v) is 8.28. The highest BCUT2D eigenvalue weighted by molar-refractivity contribution is 5.84. The van der Waals surface area contributed by atoms with Crippen LogP contribution in [0.2, 0.25) is 0 Å². The topological polar surface area (TPSA) is 58.4 Å². The minimum absolute atomic E-state index is 0.117. The number of nitrogens with zero attached hydrogens (tertiary/aromatic N) is 3. The molecule has 3 fully saturated rings. The van der Waals surface area contributed by atoms with Crippen molar-refractivity contribution in [3.63, 3.8) is 0 Å². The molecule has 5 nitrogen and oxygen atoms in total. The van der Waals surface area contributed by atoms with Gasteiger partial charge in [-0.25, -0.2) is 4.98 Å². The fraction of sp³-hybridized carbons (Fsp3) is 0.360. The second kappa shape index (κ2) is 7.39. The van der Waals surface area contributed by atoms with Crippen molar-refractivity contribution in [2.75, 3.05) is 19.6 Å². The number of benzene rings is 2. The summed E-state index contributed by atoms with van der Waals surface area (Å²) in [5.74, 6) is 7.23. The standard InChI is InChI=1S/C25H25N3O2/c1-2-22-26-21-10-6-7-18(11-14-25(30)17-27-15-12-19(25)13-16-27)23(21)24(29)28(22)20-8-4-3-5-9-20/h3-10,19,30H,2,12-13,15-17H2,1H3. The lowest BCUT2D eigenvalue weighted by Crippen LogP contribution is -2.58. The summed E-state index contributed by atoms with van der Waals surface area (Å²) >= 11 is 0. The molecule has 30 heavy (non-hydrogen) atoms. The highest BCUT2D eigenvalue weighted by atomic mass is 16.3. The third-order valence-corrected chi connectivity index (χ3v) is 6.44. The van der Waals surface area contributed by atoms with Crippen LogP contribution < -0.4 is 5.56 Å². The molecule has 3 aromatic rings. The van der Waals surface area contributed by atoms with Crippen LogP contribution in [0.1, 0.15) is 31.2 Å². The van der Waals surface area contributed by atoms with Crippen molar-refractivity contribution in [2.45, 2.75) is 31.8 Å². The molecule has 0 radical (unpaired) electrons. The molecule has 2 aromatic carbocycles. The first-order valence-corrected chi connectivity index (χ1v) is 10.7. The Morgan fingerprint density at radius 1 is 1.13 bits per heavy atom. The molecule has 6 rings (SSSR count). The molecule has 0 saturated carbocycles. The molecule has 0 amide bonds. The fourth-order valence-electron chi connectivity index (χ4n) is 4.82. The number of fused-ring (bicyclic) bond motifs is 4. The van der Waals surface area contributed by atoms with E-state index in [-0.39, 0.29) is 11.5 Å². The van der Waals surface area contributed by atoms with Gasteiger partial charge >= 0.3 is 0 Å². The number of piperidine rings is 3. The molecule has 1 atom stereocenters. The van der Waals surface area contributed by atoms with Crippen molar-refractivity contribution in [3.8, 4) is 17.5 Å². The van der Waals surface area contributed by atoms with Crippen molar-refractivity contribution < 1.29 is 5.11 Å². The molecule has 0 spiro atoms. The number of aryl methyl sites for hydroxylation is 1. The lowest BCUT2D eigenvalue weighted by atomic mass is 9.75. The summed E-state index contributed by atoms with van der Waals surface area (Å²) in [4.78, 5) is 20.6. The van der Waals surface area contributed by atoms with Crippen LogP contribution in [0.5, 0.6) is 0 Å². The number of para-hydroxylation sites is 1. The first-order chi connectivity index (χ1) is 14.6. The molecule has 2 bridgehead atoms. The number of hydrogen-bond acceptors (Lipinski definition) is 4. The summed E-state index contributed by atoms with van der Waals surface area (Å²) in [6, 6.07) is 15.2. The zero-order valence-corrected chi connectivity index (χ0v) is 17.1. The van der Waals surface area contributed by atoms with Crippen LogP contribution in [0, 0.1) is 17.8 Å². The van der Waals surface area contributed by atoms with E-state index in [4.69, 9.17) is 4.98 Å². The monoisotopic (exact) mass is 399 g/mol.